The van der Waals surface area contributed by atoms with Gasteiger partial charge in [0, 0.05) is 30.2 Å². The Kier molecular flexibility index (Phi) is 7.23. The number of aromatic hydroxyl groups is 1. The highest BCUT2D eigenvalue weighted by molar-refractivity contribution is 6.03. The van der Waals surface area contributed by atoms with E-state index in [-0.39, 0.29) is 63.5 Å². The van der Waals surface area contributed by atoms with Crippen LogP contribution in [0.2, 0.25) is 0 Å². The maximum absolute atomic E-state index is 16.9. The third-order valence-corrected chi connectivity index (χ3v) is 10.7. The second-order valence-electron chi connectivity index (χ2n) is 13.3. The number of phenolic OH excluding ortho intramolecular Hbond substituents is 1. The average Bonchev–Trinajstić information content (AvgIpc) is 3.72. The minimum Gasteiger partial charge on any atom is -0.508 e. The van der Waals surface area contributed by atoms with Crippen molar-refractivity contribution >= 4 is 33.4 Å². The molecular weight excluding hydrogens is 618 g/mol. The number of nitrogens with zero attached hydrogens (tertiary/aromatic N) is 6. The number of aliphatic hydroxyl groups is 1. The van der Waals surface area contributed by atoms with Crippen molar-refractivity contribution in [3.63, 3.8) is 0 Å². The minimum atomic E-state index is -0.815. The molecule has 0 saturated carbocycles. The monoisotopic (exact) mass is 652 g/mol. The van der Waals surface area contributed by atoms with E-state index < -0.39 is 23.8 Å². The molecule has 2 bridgehead atoms. The number of hydrogen-bond acceptors (Lipinski definition) is 9. The summed E-state index contributed by atoms with van der Waals surface area (Å²) in [7, 11) is 0. The second kappa shape index (κ2) is 11.4. The molecule has 0 unspecified atom stereocenters. The van der Waals surface area contributed by atoms with E-state index in [0.29, 0.717) is 36.2 Å². The lowest BCUT2D eigenvalue weighted by Gasteiger charge is -2.41. The summed E-state index contributed by atoms with van der Waals surface area (Å²) in [5, 5.41) is 22.4. The Morgan fingerprint density at radius 3 is 2.71 bits per heavy atom. The summed E-state index contributed by atoms with van der Waals surface area (Å²) in [6.45, 7) is 6.57. The van der Waals surface area contributed by atoms with E-state index in [1.54, 1.807) is 4.90 Å². The number of anilines is 1. The number of aliphatic hydroxyl groups excluding tert-OH is 1. The molecule has 0 aliphatic carbocycles. The molecule has 246 valence electrons. The summed E-state index contributed by atoms with van der Waals surface area (Å²) in [4.78, 5) is 32.6. The number of terminal acetylenes is 1. The smallest absolute Gasteiger partial charge is 0.319 e. The van der Waals surface area contributed by atoms with Crippen LogP contribution < -0.4 is 9.64 Å². The molecule has 4 saturated heterocycles. The van der Waals surface area contributed by atoms with Gasteiger partial charge < -0.3 is 24.7 Å². The number of pyridine rings is 1. The zero-order chi connectivity index (χ0) is 33.3. The van der Waals surface area contributed by atoms with Crippen molar-refractivity contribution in [1.82, 2.24) is 24.8 Å². The Labute approximate surface area is 275 Å². The fourth-order valence-corrected chi connectivity index (χ4v) is 8.48. The van der Waals surface area contributed by atoms with Crippen LogP contribution in [0.1, 0.15) is 37.7 Å². The van der Waals surface area contributed by atoms with Crippen LogP contribution >= 0.6 is 0 Å². The molecular formula is C36H34F2N6O4. The molecule has 6 heterocycles. The quantitative estimate of drug-likeness (QED) is 0.234. The molecule has 4 aliphatic rings. The first-order chi connectivity index (χ1) is 23.2. The number of phenols is 1. The molecule has 0 radical (unpaired) electrons. The minimum absolute atomic E-state index is 0.00436. The Morgan fingerprint density at radius 1 is 1.19 bits per heavy atom. The van der Waals surface area contributed by atoms with Crippen LogP contribution in [0.3, 0.4) is 0 Å². The highest BCUT2D eigenvalue weighted by Gasteiger charge is 2.48. The lowest BCUT2D eigenvalue weighted by Crippen LogP contribution is -2.57. The van der Waals surface area contributed by atoms with Gasteiger partial charge in [0.2, 0.25) is 5.91 Å². The molecule has 2 N–H and O–H groups in total. The molecule has 10 nitrogen and oxygen atoms in total. The van der Waals surface area contributed by atoms with Crippen molar-refractivity contribution in [2.24, 2.45) is 0 Å². The number of fused-ring (bicyclic) bond motifs is 5. The largest absolute Gasteiger partial charge is 0.508 e. The molecule has 8 rings (SSSR count). The number of halogens is 2. The molecule has 2 aromatic heterocycles. The first kappa shape index (κ1) is 30.5. The fourth-order valence-electron chi connectivity index (χ4n) is 8.48. The molecule has 2 aromatic carbocycles. The van der Waals surface area contributed by atoms with Gasteiger partial charge in [-0.1, -0.05) is 18.6 Å². The molecule has 12 heteroatoms. The molecule has 4 aromatic rings. The van der Waals surface area contributed by atoms with E-state index in [0.717, 1.165) is 38.8 Å². The number of benzene rings is 2. The fraction of sp³-hybridized carbons (Fsp3) is 0.389. The number of carbonyl (C=O) groups is 1. The summed E-state index contributed by atoms with van der Waals surface area (Å²) >= 11 is 0. The van der Waals surface area contributed by atoms with Crippen LogP contribution in [-0.2, 0) is 4.79 Å². The highest BCUT2D eigenvalue weighted by Crippen LogP contribution is 2.42. The van der Waals surface area contributed by atoms with Crippen molar-refractivity contribution in [3.8, 4) is 35.4 Å². The third-order valence-electron chi connectivity index (χ3n) is 10.7. The lowest BCUT2D eigenvalue weighted by atomic mass is 9.95. The van der Waals surface area contributed by atoms with E-state index >= 15 is 4.39 Å². The number of hydrogen-bond donors (Lipinski definition) is 2. The Bertz CT molecular complexity index is 2040. The topological polar surface area (TPSA) is 115 Å². The standard InChI is InChI=1S/C36H34F2N6O4/c1-3-23-26(37)8-7-20-13-22(45)15-24(30(20)23)32-31(38)33-25(16-39-32)34(42-17-21-14-28(46)27(18-42)44(21)29(47)4-2)41-35(40-33)48-19-36-9-5-11-43(36)12-6-10-36/h1,4,7-8,13,15-16,21,27-28,45-46H,2,5-6,9-12,14,17-19H2/t21-,27-,28-/m1/s1. The molecule has 0 spiro atoms. The maximum atomic E-state index is 16.9. The SMILES string of the molecule is C#Cc1c(F)ccc2cc(O)cc(-c3ncc4c(N5C[C@H]6C[C@@H](O)[C@@H](C5)N6C(=O)C=C)nc(OCC56CCCN5CCC6)nc4c3F)c12. The third kappa shape index (κ3) is 4.67. The van der Waals surface area contributed by atoms with Crippen molar-refractivity contribution in [2.45, 2.75) is 55.8 Å². The lowest BCUT2D eigenvalue weighted by molar-refractivity contribution is -0.130. The van der Waals surface area contributed by atoms with Gasteiger partial charge >= 0.3 is 6.01 Å². The maximum Gasteiger partial charge on any atom is 0.319 e. The van der Waals surface area contributed by atoms with Crippen LogP contribution in [0.4, 0.5) is 14.6 Å². The number of aromatic nitrogens is 3. The molecule has 4 aliphatic heterocycles. The van der Waals surface area contributed by atoms with Crippen LogP contribution in [-0.4, -0.2) is 97.4 Å². The van der Waals surface area contributed by atoms with Gasteiger partial charge in [-0.3, -0.25) is 14.7 Å². The van der Waals surface area contributed by atoms with Gasteiger partial charge in [-0.05, 0) is 74.9 Å². The van der Waals surface area contributed by atoms with Gasteiger partial charge in [-0.15, -0.1) is 6.42 Å². The Morgan fingerprint density at radius 2 is 1.98 bits per heavy atom. The average molecular weight is 653 g/mol. The predicted molar refractivity (Wildman–Crippen MR) is 176 cm³/mol. The van der Waals surface area contributed by atoms with Gasteiger partial charge in [-0.25, -0.2) is 8.78 Å². The van der Waals surface area contributed by atoms with E-state index in [4.69, 9.17) is 16.1 Å². The number of amides is 1. The number of ether oxygens (including phenoxy) is 1. The summed E-state index contributed by atoms with van der Waals surface area (Å²) in [5.41, 5.74) is -0.316. The molecule has 1 amide bonds. The number of rotatable bonds is 6. The summed E-state index contributed by atoms with van der Waals surface area (Å²) in [6.07, 6.45) is 12.2. The Hall–Kier alpha value is -4.86. The van der Waals surface area contributed by atoms with Gasteiger partial charge in [0.05, 0.1) is 34.7 Å². The van der Waals surface area contributed by atoms with Crippen LogP contribution in [0, 0.1) is 24.0 Å². The van der Waals surface area contributed by atoms with Crippen molar-refractivity contribution in [3.05, 3.63) is 60.3 Å². The summed E-state index contributed by atoms with van der Waals surface area (Å²) in [6, 6.07) is 4.58. The zero-order valence-corrected chi connectivity index (χ0v) is 26.2. The highest BCUT2D eigenvalue weighted by atomic mass is 19.1. The number of carbonyl (C=O) groups excluding carboxylic acids is 1. The molecule has 3 atom stereocenters. The van der Waals surface area contributed by atoms with Crippen LogP contribution in [0.25, 0.3) is 32.9 Å². The van der Waals surface area contributed by atoms with Crippen molar-refractivity contribution < 1.29 is 28.5 Å². The van der Waals surface area contributed by atoms with Crippen molar-refractivity contribution in [2.75, 3.05) is 37.7 Å². The summed E-state index contributed by atoms with van der Waals surface area (Å²) < 4.78 is 38.1. The van der Waals surface area contributed by atoms with Gasteiger partial charge in [0.15, 0.2) is 5.82 Å². The van der Waals surface area contributed by atoms with E-state index in [1.165, 1.54) is 36.5 Å². The van der Waals surface area contributed by atoms with Crippen LogP contribution in [0.15, 0.2) is 43.1 Å². The zero-order valence-electron chi connectivity index (χ0n) is 26.2. The molecule has 4 fully saturated rings. The van der Waals surface area contributed by atoms with Gasteiger partial charge in [0.1, 0.15) is 35.2 Å². The predicted octanol–water partition coefficient (Wildman–Crippen LogP) is 4.15. The second-order valence-corrected chi connectivity index (χ2v) is 13.3. The van der Waals surface area contributed by atoms with E-state index in [2.05, 4.69) is 27.4 Å². The normalized spacial score (nSPS) is 23.1. The van der Waals surface area contributed by atoms with E-state index in [1.807, 2.05) is 4.90 Å². The first-order valence-corrected chi connectivity index (χ1v) is 16.3. The first-order valence-electron chi connectivity index (χ1n) is 16.3. The van der Waals surface area contributed by atoms with Crippen molar-refractivity contribution in [1.29, 1.82) is 0 Å². The van der Waals surface area contributed by atoms with Gasteiger partial charge in [0.25, 0.3) is 0 Å². The summed E-state index contributed by atoms with van der Waals surface area (Å²) in [5.74, 6) is 0.834. The number of piperazine rings is 1. The Balaban J connectivity index is 1.27. The van der Waals surface area contributed by atoms with Gasteiger partial charge in [-0.2, -0.15) is 9.97 Å². The molecule has 48 heavy (non-hydrogen) atoms. The van der Waals surface area contributed by atoms with Crippen LogP contribution in [0.5, 0.6) is 11.8 Å². The van der Waals surface area contributed by atoms with E-state index in [9.17, 15) is 19.4 Å².